The third-order valence-corrected chi connectivity index (χ3v) is 4.81. The Morgan fingerprint density at radius 3 is 2.45 bits per heavy atom. The fourth-order valence-electron chi connectivity index (χ4n) is 3.10. The van der Waals surface area contributed by atoms with Crippen molar-refractivity contribution >= 4 is 17.9 Å². The molecule has 0 atom stereocenters. The Morgan fingerprint density at radius 1 is 1.00 bits per heavy atom. The zero-order chi connectivity index (χ0) is 23.6. The molecule has 172 valence electrons. The summed E-state index contributed by atoms with van der Waals surface area (Å²) in [6.45, 7) is 2.64. The lowest BCUT2D eigenvalue weighted by molar-refractivity contribution is -0.138. The zero-order valence-electron chi connectivity index (χ0n) is 18.7. The third-order valence-electron chi connectivity index (χ3n) is 4.81. The molecule has 0 radical (unpaired) electrons. The van der Waals surface area contributed by atoms with Gasteiger partial charge >= 0.3 is 12.1 Å². The van der Waals surface area contributed by atoms with E-state index in [2.05, 4.69) is 4.98 Å². The smallest absolute Gasteiger partial charge is 0.416 e. The summed E-state index contributed by atoms with van der Waals surface area (Å²) in [5.41, 5.74) is 1.70. The Kier molecular flexibility index (Phi) is 8.24. The van der Waals surface area contributed by atoms with E-state index in [9.17, 15) is 14.7 Å². The number of aryl methyl sites for hydroxylation is 1. The zero-order valence-corrected chi connectivity index (χ0v) is 18.7. The van der Waals surface area contributed by atoms with Crippen LogP contribution in [0.2, 0.25) is 0 Å². The minimum atomic E-state index is -1.12. The van der Waals surface area contributed by atoms with Crippen LogP contribution in [0.5, 0.6) is 11.5 Å². The maximum absolute atomic E-state index is 12.6. The highest BCUT2D eigenvalue weighted by atomic mass is 16.6. The van der Waals surface area contributed by atoms with Gasteiger partial charge in [0.1, 0.15) is 30.5 Å². The second-order valence-electron chi connectivity index (χ2n) is 7.54. The number of carbonyl (C=O) groups excluding carboxylic acids is 1. The quantitative estimate of drug-likeness (QED) is 0.500. The van der Waals surface area contributed by atoms with E-state index in [-0.39, 0.29) is 6.54 Å². The molecule has 0 aliphatic rings. The number of anilines is 1. The number of ether oxygens (including phenoxy) is 2. The van der Waals surface area contributed by atoms with E-state index >= 15 is 0 Å². The van der Waals surface area contributed by atoms with E-state index in [0.717, 1.165) is 21.8 Å². The summed E-state index contributed by atoms with van der Waals surface area (Å²) >= 11 is 0. The average Bonchev–Trinajstić information content (AvgIpc) is 2.80. The van der Waals surface area contributed by atoms with Crippen LogP contribution in [0.4, 0.5) is 10.6 Å². The first-order valence-corrected chi connectivity index (χ1v) is 10.5. The van der Waals surface area contributed by atoms with Crippen LogP contribution in [0.1, 0.15) is 11.1 Å². The van der Waals surface area contributed by atoms with Gasteiger partial charge in [0.2, 0.25) is 0 Å². The molecule has 3 aromatic rings. The lowest BCUT2D eigenvalue weighted by Crippen LogP contribution is -2.37. The summed E-state index contributed by atoms with van der Waals surface area (Å²) < 4.78 is 11.1. The van der Waals surface area contributed by atoms with E-state index in [0.29, 0.717) is 24.7 Å². The van der Waals surface area contributed by atoms with Gasteiger partial charge in [-0.05, 0) is 54.4 Å². The lowest BCUT2D eigenvalue weighted by Gasteiger charge is -2.20. The van der Waals surface area contributed by atoms with Gasteiger partial charge in [0.25, 0.3) is 0 Å². The van der Waals surface area contributed by atoms with E-state index in [4.69, 9.17) is 9.47 Å². The Balaban J connectivity index is 1.55. The number of likely N-dealkylation sites (N-methyl/N-ethyl adjacent to an activating group) is 1. The largest absolute Gasteiger partial charge is 0.492 e. The van der Waals surface area contributed by atoms with Gasteiger partial charge in [-0.25, -0.2) is 9.78 Å². The number of aliphatic carboxylic acids is 1. The van der Waals surface area contributed by atoms with Crippen molar-refractivity contribution in [2.75, 3.05) is 31.6 Å². The molecule has 0 aliphatic heterocycles. The molecule has 0 aliphatic carbocycles. The Morgan fingerprint density at radius 2 is 1.79 bits per heavy atom. The summed E-state index contributed by atoms with van der Waals surface area (Å²) in [6, 6.07) is 19.9. The molecule has 3 rings (SSSR count). The predicted octanol–water partition coefficient (Wildman–Crippen LogP) is 3.99. The highest BCUT2D eigenvalue weighted by Gasteiger charge is 2.19. The summed E-state index contributed by atoms with van der Waals surface area (Å²) in [6.07, 6.45) is 1.02. The number of hydrogen-bond acceptors (Lipinski definition) is 6. The number of aromatic nitrogens is 1. The van der Waals surface area contributed by atoms with Crippen molar-refractivity contribution in [1.29, 1.82) is 0 Å². The van der Waals surface area contributed by atoms with Crippen LogP contribution in [0.15, 0.2) is 72.9 Å². The fourth-order valence-corrected chi connectivity index (χ4v) is 3.10. The van der Waals surface area contributed by atoms with Crippen LogP contribution in [0.3, 0.4) is 0 Å². The van der Waals surface area contributed by atoms with Gasteiger partial charge in [0.05, 0.1) is 6.54 Å². The Hall–Kier alpha value is -4.07. The molecule has 0 saturated carbocycles. The van der Waals surface area contributed by atoms with Crippen LogP contribution in [0.25, 0.3) is 0 Å². The van der Waals surface area contributed by atoms with Crippen molar-refractivity contribution in [2.45, 2.75) is 13.5 Å². The van der Waals surface area contributed by atoms with Gasteiger partial charge in [0, 0.05) is 19.8 Å². The number of amides is 1. The first-order valence-electron chi connectivity index (χ1n) is 10.5. The van der Waals surface area contributed by atoms with Crippen LogP contribution in [-0.4, -0.2) is 53.8 Å². The molecule has 0 unspecified atom stereocenters. The molecule has 1 aromatic heterocycles. The summed E-state index contributed by atoms with van der Waals surface area (Å²) in [4.78, 5) is 31.3. The fraction of sp³-hybridized carbons (Fsp3) is 0.240. The Labute approximate surface area is 193 Å². The maximum Gasteiger partial charge on any atom is 0.416 e. The molecule has 8 heteroatoms. The number of hydrogen-bond donors (Lipinski definition) is 1. The monoisotopic (exact) mass is 449 g/mol. The average molecular weight is 450 g/mol. The molecule has 1 N–H and O–H groups in total. The summed E-state index contributed by atoms with van der Waals surface area (Å²) in [7, 11) is 1.95. The Bertz CT molecular complexity index is 1060. The SMILES string of the molecule is Cc1cccc(OC(=O)N(CC(=O)O)Cc2ccc(OCCN(C)c3ccccn3)cc2)c1. The molecule has 0 spiro atoms. The second-order valence-corrected chi connectivity index (χ2v) is 7.54. The van der Waals surface area contributed by atoms with Gasteiger partial charge < -0.3 is 19.5 Å². The van der Waals surface area contributed by atoms with Crippen molar-refractivity contribution < 1.29 is 24.2 Å². The lowest BCUT2D eigenvalue weighted by atomic mass is 10.2. The second kappa shape index (κ2) is 11.5. The van der Waals surface area contributed by atoms with E-state index in [1.807, 2.05) is 43.1 Å². The summed E-state index contributed by atoms with van der Waals surface area (Å²) in [5.74, 6) is 0.802. The minimum absolute atomic E-state index is 0.0969. The van der Waals surface area contributed by atoms with Gasteiger partial charge in [-0.15, -0.1) is 0 Å². The summed E-state index contributed by atoms with van der Waals surface area (Å²) in [5, 5.41) is 9.21. The van der Waals surface area contributed by atoms with Crippen LogP contribution < -0.4 is 14.4 Å². The van der Waals surface area contributed by atoms with Crippen LogP contribution >= 0.6 is 0 Å². The molecule has 0 fully saturated rings. The van der Waals surface area contributed by atoms with Gasteiger partial charge in [0.15, 0.2) is 0 Å². The molecular weight excluding hydrogens is 422 g/mol. The highest BCUT2D eigenvalue weighted by Crippen LogP contribution is 2.17. The molecule has 33 heavy (non-hydrogen) atoms. The first kappa shape index (κ1) is 23.6. The number of nitrogens with zero attached hydrogens (tertiary/aromatic N) is 3. The standard InChI is InChI=1S/C25H27N3O5/c1-19-6-5-7-22(16-19)33-25(31)28(18-24(29)30)17-20-9-11-21(12-10-20)32-15-14-27(2)23-8-3-4-13-26-23/h3-13,16H,14-15,17-18H2,1-2H3,(H,29,30). The maximum atomic E-state index is 12.6. The van der Waals surface area contributed by atoms with Crippen molar-refractivity contribution in [3.05, 3.63) is 84.1 Å². The predicted molar refractivity (Wildman–Crippen MR) is 125 cm³/mol. The molecule has 1 heterocycles. The highest BCUT2D eigenvalue weighted by molar-refractivity contribution is 5.78. The third kappa shape index (κ3) is 7.53. The number of benzene rings is 2. The van der Waals surface area contributed by atoms with Gasteiger partial charge in [-0.1, -0.05) is 30.3 Å². The topological polar surface area (TPSA) is 92.2 Å². The molecule has 0 bridgehead atoms. The van der Waals surface area contributed by atoms with E-state index in [1.165, 1.54) is 0 Å². The minimum Gasteiger partial charge on any atom is -0.492 e. The van der Waals surface area contributed by atoms with Crippen molar-refractivity contribution in [3.8, 4) is 11.5 Å². The molecule has 8 nitrogen and oxygen atoms in total. The number of carboxylic acids is 1. The molecule has 1 amide bonds. The number of carboxylic acid groups (broad SMARTS) is 1. The number of rotatable bonds is 10. The molecular formula is C25H27N3O5. The number of carbonyl (C=O) groups is 2. The normalized spacial score (nSPS) is 10.4. The van der Waals surface area contributed by atoms with Gasteiger partial charge in [-0.3, -0.25) is 9.69 Å². The molecule has 0 saturated heterocycles. The van der Waals surface area contributed by atoms with Crippen molar-refractivity contribution in [2.24, 2.45) is 0 Å². The van der Waals surface area contributed by atoms with Crippen molar-refractivity contribution in [1.82, 2.24) is 9.88 Å². The van der Waals surface area contributed by atoms with Crippen LogP contribution in [0, 0.1) is 6.92 Å². The number of pyridine rings is 1. The van der Waals surface area contributed by atoms with E-state index in [1.54, 1.807) is 48.7 Å². The van der Waals surface area contributed by atoms with E-state index < -0.39 is 18.6 Å². The molecule has 2 aromatic carbocycles. The van der Waals surface area contributed by atoms with Crippen molar-refractivity contribution in [3.63, 3.8) is 0 Å². The van der Waals surface area contributed by atoms with Gasteiger partial charge in [-0.2, -0.15) is 0 Å². The van der Waals surface area contributed by atoms with Crippen LogP contribution in [-0.2, 0) is 11.3 Å². The first-order chi connectivity index (χ1) is 15.9.